The summed E-state index contributed by atoms with van der Waals surface area (Å²) in [5.41, 5.74) is 1.29. The predicted octanol–water partition coefficient (Wildman–Crippen LogP) is 2.98. The van der Waals surface area contributed by atoms with Crippen LogP contribution >= 0.6 is 0 Å². The molecule has 6 nitrogen and oxygen atoms in total. The van der Waals surface area contributed by atoms with Crippen molar-refractivity contribution >= 4 is 17.7 Å². The standard InChI is InChI=1S/C20H29N3O3/c1-20(2,3)26-19(25)23-14-12-22(13-15-23)18(24)16-8-4-5-9-17(16)21-10-6-7-11-21/h4-5,8-9H,6-7,10-15H2,1-3H3. The molecular weight excluding hydrogens is 330 g/mol. The largest absolute Gasteiger partial charge is 0.444 e. The first-order valence-corrected chi connectivity index (χ1v) is 9.46. The van der Waals surface area contributed by atoms with Crippen LogP contribution in [0.15, 0.2) is 24.3 Å². The molecule has 0 saturated carbocycles. The summed E-state index contributed by atoms with van der Waals surface area (Å²) >= 11 is 0. The van der Waals surface area contributed by atoms with Crippen LogP contribution in [0.5, 0.6) is 0 Å². The number of ether oxygens (including phenoxy) is 1. The maximum absolute atomic E-state index is 13.0. The zero-order chi connectivity index (χ0) is 18.7. The van der Waals surface area contributed by atoms with Crippen molar-refractivity contribution in [3.63, 3.8) is 0 Å². The summed E-state index contributed by atoms with van der Waals surface area (Å²) in [7, 11) is 0. The Morgan fingerprint density at radius 1 is 0.885 bits per heavy atom. The van der Waals surface area contributed by atoms with Crippen LogP contribution in [-0.4, -0.2) is 66.7 Å². The molecule has 0 aliphatic carbocycles. The highest BCUT2D eigenvalue weighted by Gasteiger charge is 2.29. The second-order valence-electron chi connectivity index (χ2n) is 7.97. The van der Waals surface area contributed by atoms with Gasteiger partial charge in [0.05, 0.1) is 5.56 Å². The number of carbonyl (C=O) groups excluding carboxylic acids is 2. The second-order valence-corrected chi connectivity index (χ2v) is 7.97. The maximum atomic E-state index is 13.0. The van der Waals surface area contributed by atoms with Crippen LogP contribution in [0.2, 0.25) is 0 Å². The Hall–Kier alpha value is -2.24. The number of anilines is 1. The summed E-state index contributed by atoms with van der Waals surface area (Å²) in [6.45, 7) is 9.69. The molecule has 0 bridgehead atoms. The fraction of sp³-hybridized carbons (Fsp3) is 0.600. The van der Waals surface area contributed by atoms with Gasteiger partial charge in [-0.15, -0.1) is 0 Å². The van der Waals surface area contributed by atoms with Crippen molar-refractivity contribution in [2.24, 2.45) is 0 Å². The van der Waals surface area contributed by atoms with E-state index < -0.39 is 5.60 Å². The molecule has 2 aliphatic rings. The van der Waals surface area contributed by atoms with Gasteiger partial charge in [-0.1, -0.05) is 12.1 Å². The Morgan fingerprint density at radius 3 is 2.08 bits per heavy atom. The third-order valence-electron chi connectivity index (χ3n) is 4.80. The summed E-state index contributed by atoms with van der Waals surface area (Å²) in [6.07, 6.45) is 2.05. The van der Waals surface area contributed by atoms with Gasteiger partial charge in [0.15, 0.2) is 0 Å². The minimum absolute atomic E-state index is 0.0522. The SMILES string of the molecule is CC(C)(C)OC(=O)N1CCN(C(=O)c2ccccc2N2CCCC2)CC1. The maximum Gasteiger partial charge on any atom is 0.410 e. The normalized spacial score (nSPS) is 18.2. The van der Waals surface area contributed by atoms with Gasteiger partial charge in [0.25, 0.3) is 5.91 Å². The fourth-order valence-electron chi connectivity index (χ4n) is 3.48. The highest BCUT2D eigenvalue weighted by molar-refractivity contribution is 6.00. The second kappa shape index (κ2) is 7.56. The number of amides is 2. The van der Waals surface area contributed by atoms with E-state index in [0.717, 1.165) is 24.3 Å². The van der Waals surface area contributed by atoms with Crippen LogP contribution in [0.3, 0.4) is 0 Å². The minimum Gasteiger partial charge on any atom is -0.444 e. The van der Waals surface area contributed by atoms with E-state index in [9.17, 15) is 9.59 Å². The minimum atomic E-state index is -0.501. The smallest absolute Gasteiger partial charge is 0.410 e. The molecule has 6 heteroatoms. The average Bonchev–Trinajstić information content (AvgIpc) is 3.14. The lowest BCUT2D eigenvalue weighted by molar-refractivity contribution is 0.0141. The number of para-hydroxylation sites is 1. The van der Waals surface area contributed by atoms with Crippen molar-refractivity contribution in [3.05, 3.63) is 29.8 Å². The zero-order valence-electron chi connectivity index (χ0n) is 16.0. The van der Waals surface area contributed by atoms with Crippen LogP contribution in [-0.2, 0) is 4.74 Å². The topological polar surface area (TPSA) is 53.1 Å². The summed E-state index contributed by atoms with van der Waals surface area (Å²) in [5, 5.41) is 0. The highest BCUT2D eigenvalue weighted by Crippen LogP contribution is 2.26. The third kappa shape index (κ3) is 4.29. The third-order valence-corrected chi connectivity index (χ3v) is 4.80. The molecule has 2 aliphatic heterocycles. The first kappa shape index (κ1) is 18.5. The first-order valence-electron chi connectivity index (χ1n) is 9.46. The van der Waals surface area contributed by atoms with E-state index in [1.54, 1.807) is 4.90 Å². The molecule has 2 heterocycles. The molecule has 1 aromatic carbocycles. The molecule has 1 aromatic rings. The van der Waals surface area contributed by atoms with Crippen molar-refractivity contribution in [3.8, 4) is 0 Å². The molecule has 142 valence electrons. The molecule has 0 aromatic heterocycles. The fourth-order valence-corrected chi connectivity index (χ4v) is 3.48. The first-order chi connectivity index (χ1) is 12.3. The van der Waals surface area contributed by atoms with Gasteiger partial charge in [-0.25, -0.2) is 4.79 Å². The summed E-state index contributed by atoms with van der Waals surface area (Å²) in [6, 6.07) is 7.86. The molecule has 2 fully saturated rings. The van der Waals surface area contributed by atoms with Gasteiger partial charge in [0, 0.05) is 45.0 Å². The Labute approximate surface area is 155 Å². The molecule has 2 saturated heterocycles. The number of rotatable bonds is 2. The van der Waals surface area contributed by atoms with E-state index in [0.29, 0.717) is 26.2 Å². The molecule has 0 radical (unpaired) electrons. The van der Waals surface area contributed by atoms with Gasteiger partial charge in [0.1, 0.15) is 5.60 Å². The Kier molecular flexibility index (Phi) is 5.39. The van der Waals surface area contributed by atoms with Gasteiger partial charge in [0.2, 0.25) is 0 Å². The average molecular weight is 359 g/mol. The van der Waals surface area contributed by atoms with Crippen molar-refractivity contribution < 1.29 is 14.3 Å². The zero-order valence-corrected chi connectivity index (χ0v) is 16.0. The van der Waals surface area contributed by atoms with E-state index in [2.05, 4.69) is 4.90 Å². The van der Waals surface area contributed by atoms with E-state index >= 15 is 0 Å². The number of hydrogen-bond donors (Lipinski definition) is 0. The molecule has 0 N–H and O–H groups in total. The molecule has 0 unspecified atom stereocenters. The number of nitrogens with zero attached hydrogens (tertiary/aromatic N) is 3. The van der Waals surface area contributed by atoms with E-state index in [-0.39, 0.29) is 12.0 Å². The molecule has 26 heavy (non-hydrogen) atoms. The van der Waals surface area contributed by atoms with E-state index in [1.165, 1.54) is 12.8 Å². The van der Waals surface area contributed by atoms with Crippen molar-refractivity contribution in [2.45, 2.75) is 39.2 Å². The number of carbonyl (C=O) groups is 2. The van der Waals surface area contributed by atoms with E-state index in [1.807, 2.05) is 49.9 Å². The van der Waals surface area contributed by atoms with Crippen molar-refractivity contribution in [2.75, 3.05) is 44.2 Å². The molecule has 0 spiro atoms. The van der Waals surface area contributed by atoms with Gasteiger partial charge in [-0.3, -0.25) is 4.79 Å². The van der Waals surface area contributed by atoms with Gasteiger partial charge in [-0.05, 0) is 45.7 Å². The number of hydrogen-bond acceptors (Lipinski definition) is 4. The highest BCUT2D eigenvalue weighted by atomic mass is 16.6. The summed E-state index contributed by atoms with van der Waals surface area (Å²) in [5.74, 6) is 0.0522. The summed E-state index contributed by atoms with van der Waals surface area (Å²) in [4.78, 5) is 31.0. The van der Waals surface area contributed by atoms with Crippen LogP contribution in [0.4, 0.5) is 10.5 Å². The summed E-state index contributed by atoms with van der Waals surface area (Å²) < 4.78 is 5.42. The van der Waals surface area contributed by atoms with Crippen LogP contribution in [0.1, 0.15) is 44.0 Å². The van der Waals surface area contributed by atoms with Gasteiger partial charge >= 0.3 is 6.09 Å². The van der Waals surface area contributed by atoms with Crippen LogP contribution in [0.25, 0.3) is 0 Å². The van der Waals surface area contributed by atoms with E-state index in [4.69, 9.17) is 4.74 Å². The quantitative estimate of drug-likeness (QED) is 0.815. The van der Waals surface area contributed by atoms with Crippen molar-refractivity contribution in [1.29, 1.82) is 0 Å². The Bertz CT molecular complexity index is 655. The van der Waals surface area contributed by atoms with Gasteiger partial charge < -0.3 is 19.4 Å². The number of piperazine rings is 1. The lowest BCUT2D eigenvalue weighted by Crippen LogP contribution is -2.51. The molecule has 0 atom stereocenters. The lowest BCUT2D eigenvalue weighted by Gasteiger charge is -2.36. The van der Waals surface area contributed by atoms with Crippen LogP contribution in [0, 0.1) is 0 Å². The monoisotopic (exact) mass is 359 g/mol. The number of benzene rings is 1. The van der Waals surface area contributed by atoms with Crippen LogP contribution < -0.4 is 4.90 Å². The lowest BCUT2D eigenvalue weighted by atomic mass is 10.1. The molecular formula is C20H29N3O3. The Balaban J connectivity index is 1.63. The molecule has 2 amide bonds. The van der Waals surface area contributed by atoms with Crippen molar-refractivity contribution in [1.82, 2.24) is 9.80 Å². The molecule has 3 rings (SSSR count). The Morgan fingerprint density at radius 2 is 1.46 bits per heavy atom. The van der Waals surface area contributed by atoms with Gasteiger partial charge in [-0.2, -0.15) is 0 Å². The predicted molar refractivity (Wildman–Crippen MR) is 102 cm³/mol.